The van der Waals surface area contributed by atoms with E-state index in [1.807, 2.05) is 36.2 Å². The van der Waals surface area contributed by atoms with Gasteiger partial charge in [0.25, 0.3) is 5.91 Å². The van der Waals surface area contributed by atoms with Gasteiger partial charge in [0.1, 0.15) is 4.32 Å². The molecule has 0 spiro atoms. The summed E-state index contributed by atoms with van der Waals surface area (Å²) in [4.78, 5) is 16.5. The van der Waals surface area contributed by atoms with E-state index in [2.05, 4.69) is 23.5 Å². The normalized spacial score (nSPS) is 15.8. The minimum absolute atomic E-state index is 0.128. The zero-order chi connectivity index (χ0) is 17.1. The number of hydrogen-bond acceptors (Lipinski definition) is 6. The highest BCUT2D eigenvalue weighted by Crippen LogP contribution is 2.33. The lowest BCUT2D eigenvalue weighted by Crippen LogP contribution is -2.20. The summed E-state index contributed by atoms with van der Waals surface area (Å²) >= 11 is 7.93. The average molecular weight is 377 g/mol. The molecule has 124 valence electrons. The smallest absolute Gasteiger partial charge is 0.263 e. The molecule has 24 heavy (non-hydrogen) atoms. The van der Waals surface area contributed by atoms with Crippen LogP contribution in [0.3, 0.4) is 0 Å². The Morgan fingerprint density at radius 2 is 2.00 bits per heavy atom. The maximum absolute atomic E-state index is 11.7. The molecule has 2 heterocycles. The van der Waals surface area contributed by atoms with Crippen LogP contribution >= 0.6 is 35.3 Å². The number of likely N-dealkylation sites (N-methyl/N-ethyl adjacent to an activating group) is 1. The molecule has 0 aliphatic carbocycles. The van der Waals surface area contributed by atoms with Crippen molar-refractivity contribution in [3.8, 4) is 10.4 Å². The van der Waals surface area contributed by atoms with E-state index >= 15 is 0 Å². The van der Waals surface area contributed by atoms with E-state index in [9.17, 15) is 4.79 Å². The molecule has 3 rings (SSSR count). The standard InChI is InChI=1S/C17H16N2O2S3/c1-19(8-9-20)12-4-2-11(3-5-12)14-7-6-13(23-14)10-15-16(21)18-17(22)24-15/h2-7,10,20H,8-9H2,1H3,(H,18,21,22)/b15-10-. The van der Waals surface area contributed by atoms with Crippen molar-refractivity contribution in [1.82, 2.24) is 5.32 Å². The second-order valence-electron chi connectivity index (χ2n) is 5.25. The van der Waals surface area contributed by atoms with Crippen LogP contribution in [0, 0.1) is 0 Å². The molecule has 0 radical (unpaired) electrons. The Morgan fingerprint density at radius 1 is 1.25 bits per heavy atom. The fourth-order valence-corrected chi connectivity index (χ4v) is 4.36. The average Bonchev–Trinajstić information content (AvgIpc) is 3.15. The fourth-order valence-electron chi connectivity index (χ4n) is 2.30. The third-order valence-corrected chi connectivity index (χ3v) is 5.81. The molecule has 7 heteroatoms. The Kier molecular flexibility index (Phi) is 5.35. The molecule has 4 nitrogen and oxygen atoms in total. The van der Waals surface area contributed by atoms with Crippen molar-refractivity contribution in [3.05, 3.63) is 46.2 Å². The molecule has 0 saturated carbocycles. The minimum atomic E-state index is -0.128. The lowest BCUT2D eigenvalue weighted by atomic mass is 10.1. The first-order chi connectivity index (χ1) is 11.6. The Balaban J connectivity index is 1.77. The van der Waals surface area contributed by atoms with Crippen molar-refractivity contribution >= 4 is 57.3 Å². The van der Waals surface area contributed by atoms with E-state index in [1.54, 1.807) is 11.3 Å². The van der Waals surface area contributed by atoms with Gasteiger partial charge in [0.15, 0.2) is 0 Å². The molecule has 1 aromatic carbocycles. The zero-order valence-electron chi connectivity index (χ0n) is 13.0. The Labute approximate surface area is 154 Å². The number of carbonyl (C=O) groups excluding carboxylic acids is 1. The van der Waals surface area contributed by atoms with E-state index < -0.39 is 0 Å². The molecular formula is C17H16N2O2S3. The molecule has 1 aliphatic heterocycles. The molecule has 0 atom stereocenters. The Hall–Kier alpha value is -1.67. The number of carbonyl (C=O) groups is 1. The SMILES string of the molecule is CN(CCO)c1ccc(-c2ccc(/C=C3\SC(=S)NC3=O)s2)cc1. The molecule has 0 unspecified atom stereocenters. The third kappa shape index (κ3) is 3.87. The van der Waals surface area contributed by atoms with Crippen molar-refractivity contribution < 1.29 is 9.90 Å². The van der Waals surface area contributed by atoms with E-state index in [4.69, 9.17) is 17.3 Å². The van der Waals surface area contributed by atoms with Crippen LogP contribution in [0.15, 0.2) is 41.3 Å². The quantitative estimate of drug-likeness (QED) is 0.619. The highest BCUT2D eigenvalue weighted by molar-refractivity contribution is 8.26. The van der Waals surface area contributed by atoms with Gasteiger partial charge < -0.3 is 15.3 Å². The fraction of sp³-hybridized carbons (Fsp3) is 0.176. The van der Waals surface area contributed by atoms with Crippen LogP contribution in [0.25, 0.3) is 16.5 Å². The summed E-state index contributed by atoms with van der Waals surface area (Å²) in [5.74, 6) is -0.128. The number of benzene rings is 1. The predicted octanol–water partition coefficient (Wildman–Crippen LogP) is 3.33. The summed E-state index contributed by atoms with van der Waals surface area (Å²) in [5, 5.41) is 11.6. The first-order valence-electron chi connectivity index (χ1n) is 7.34. The molecule has 1 amide bonds. The van der Waals surface area contributed by atoms with E-state index in [0.29, 0.717) is 15.8 Å². The minimum Gasteiger partial charge on any atom is -0.395 e. The van der Waals surface area contributed by atoms with Gasteiger partial charge in [-0.1, -0.05) is 36.1 Å². The summed E-state index contributed by atoms with van der Waals surface area (Å²) in [7, 11) is 1.95. The number of anilines is 1. The first kappa shape index (κ1) is 17.2. The van der Waals surface area contributed by atoms with Crippen molar-refractivity contribution in [2.24, 2.45) is 0 Å². The van der Waals surface area contributed by atoms with Gasteiger partial charge in [0.2, 0.25) is 0 Å². The van der Waals surface area contributed by atoms with Gasteiger partial charge in [-0.05, 0) is 35.9 Å². The monoisotopic (exact) mass is 376 g/mol. The van der Waals surface area contributed by atoms with Gasteiger partial charge in [0.05, 0.1) is 11.5 Å². The molecule has 2 aromatic rings. The van der Waals surface area contributed by atoms with Crippen molar-refractivity contribution in [1.29, 1.82) is 0 Å². The molecule has 0 bridgehead atoms. The summed E-state index contributed by atoms with van der Waals surface area (Å²) in [6, 6.07) is 12.3. The summed E-state index contributed by atoms with van der Waals surface area (Å²) in [5.41, 5.74) is 2.20. The molecular weight excluding hydrogens is 360 g/mol. The van der Waals surface area contributed by atoms with Crippen LogP contribution < -0.4 is 10.2 Å². The first-order valence-corrected chi connectivity index (χ1v) is 9.38. The summed E-state index contributed by atoms with van der Waals surface area (Å²) in [6.07, 6.45) is 1.87. The van der Waals surface area contributed by atoms with Gasteiger partial charge >= 0.3 is 0 Å². The number of thioether (sulfide) groups is 1. The lowest BCUT2D eigenvalue weighted by molar-refractivity contribution is -0.115. The van der Waals surface area contributed by atoms with Crippen LogP contribution in [-0.2, 0) is 4.79 Å². The van der Waals surface area contributed by atoms with Gasteiger partial charge in [-0.3, -0.25) is 4.79 Å². The summed E-state index contributed by atoms with van der Waals surface area (Å²) in [6.45, 7) is 0.744. The van der Waals surface area contributed by atoms with Crippen LogP contribution in [0.4, 0.5) is 5.69 Å². The maximum atomic E-state index is 11.7. The lowest BCUT2D eigenvalue weighted by Gasteiger charge is -2.17. The van der Waals surface area contributed by atoms with Gasteiger partial charge in [-0.15, -0.1) is 11.3 Å². The zero-order valence-corrected chi connectivity index (χ0v) is 15.4. The number of nitrogens with one attached hydrogen (secondary N) is 1. The number of nitrogens with zero attached hydrogens (tertiary/aromatic N) is 1. The second kappa shape index (κ2) is 7.48. The van der Waals surface area contributed by atoms with E-state index in [-0.39, 0.29) is 12.5 Å². The predicted molar refractivity (Wildman–Crippen MR) is 106 cm³/mol. The van der Waals surface area contributed by atoms with Gasteiger partial charge in [-0.2, -0.15) is 0 Å². The van der Waals surface area contributed by atoms with Crippen LogP contribution in [0.5, 0.6) is 0 Å². The number of aliphatic hydroxyl groups is 1. The van der Waals surface area contributed by atoms with Crippen LogP contribution in [0.1, 0.15) is 4.88 Å². The molecule has 2 N–H and O–H groups in total. The Morgan fingerprint density at radius 3 is 2.62 bits per heavy atom. The van der Waals surface area contributed by atoms with Gasteiger partial charge in [0, 0.05) is 29.0 Å². The van der Waals surface area contributed by atoms with Crippen molar-refractivity contribution in [2.45, 2.75) is 0 Å². The van der Waals surface area contributed by atoms with Crippen LogP contribution in [-0.4, -0.2) is 35.5 Å². The number of thiocarbonyl (C=S) groups is 1. The molecule has 1 aromatic heterocycles. The summed E-state index contributed by atoms with van der Waals surface area (Å²) < 4.78 is 0.505. The van der Waals surface area contributed by atoms with Crippen molar-refractivity contribution in [3.63, 3.8) is 0 Å². The number of thiophene rings is 1. The number of rotatable bonds is 5. The largest absolute Gasteiger partial charge is 0.395 e. The topological polar surface area (TPSA) is 52.6 Å². The highest BCUT2D eigenvalue weighted by Gasteiger charge is 2.22. The molecule has 1 aliphatic rings. The molecule has 1 fully saturated rings. The number of aliphatic hydroxyl groups excluding tert-OH is 1. The van der Waals surface area contributed by atoms with Crippen molar-refractivity contribution in [2.75, 3.05) is 25.1 Å². The third-order valence-electron chi connectivity index (χ3n) is 3.57. The van der Waals surface area contributed by atoms with Crippen LogP contribution in [0.2, 0.25) is 0 Å². The highest BCUT2D eigenvalue weighted by atomic mass is 32.2. The van der Waals surface area contributed by atoms with Gasteiger partial charge in [-0.25, -0.2) is 0 Å². The van der Waals surface area contributed by atoms with E-state index in [1.165, 1.54) is 11.8 Å². The Bertz CT molecular complexity index is 796. The molecule has 1 saturated heterocycles. The second-order valence-corrected chi connectivity index (χ2v) is 8.08. The number of amides is 1. The maximum Gasteiger partial charge on any atom is 0.263 e. The van der Waals surface area contributed by atoms with E-state index in [0.717, 1.165) is 21.0 Å². The number of hydrogen-bond donors (Lipinski definition) is 2.